The Kier molecular flexibility index (Phi) is 4.25. The lowest BCUT2D eigenvalue weighted by Crippen LogP contribution is -2.45. The van der Waals surface area contributed by atoms with Gasteiger partial charge in [-0.3, -0.25) is 0 Å². The molecule has 0 amide bonds. The van der Waals surface area contributed by atoms with Gasteiger partial charge in [0.25, 0.3) is 0 Å². The van der Waals surface area contributed by atoms with Crippen molar-refractivity contribution in [3.05, 3.63) is 18.2 Å². The minimum absolute atomic E-state index is 0.0112. The van der Waals surface area contributed by atoms with E-state index in [4.69, 9.17) is 10.5 Å². The first-order valence-corrected chi connectivity index (χ1v) is 8.27. The van der Waals surface area contributed by atoms with Crippen LogP contribution in [0.3, 0.4) is 0 Å². The molecule has 1 aromatic rings. The topological polar surface area (TPSA) is 72.6 Å². The lowest BCUT2D eigenvalue weighted by Gasteiger charge is -2.36. The van der Waals surface area contributed by atoms with Gasteiger partial charge in [0.05, 0.1) is 17.7 Å². The van der Waals surface area contributed by atoms with Crippen LogP contribution >= 0.6 is 0 Å². The summed E-state index contributed by atoms with van der Waals surface area (Å²) in [5.41, 5.74) is 6.15. The van der Waals surface area contributed by atoms with Crippen LogP contribution in [-0.4, -0.2) is 32.4 Å². The third-order valence-electron chi connectivity index (χ3n) is 4.12. The second kappa shape index (κ2) is 5.61. The van der Waals surface area contributed by atoms with Crippen molar-refractivity contribution in [2.75, 3.05) is 19.4 Å². The first-order chi connectivity index (χ1) is 9.37. The second-order valence-electron chi connectivity index (χ2n) is 5.38. The van der Waals surface area contributed by atoms with E-state index in [2.05, 4.69) is 6.92 Å². The van der Waals surface area contributed by atoms with Gasteiger partial charge in [-0.2, -0.15) is 4.31 Å². The summed E-state index contributed by atoms with van der Waals surface area (Å²) >= 11 is 0. The predicted octanol–water partition coefficient (Wildman–Crippen LogP) is 2.09. The van der Waals surface area contributed by atoms with Crippen molar-refractivity contribution in [2.24, 2.45) is 5.92 Å². The van der Waals surface area contributed by atoms with Gasteiger partial charge in [-0.25, -0.2) is 8.42 Å². The number of rotatable bonds is 3. The molecule has 2 N–H and O–H groups in total. The van der Waals surface area contributed by atoms with Crippen molar-refractivity contribution >= 4 is 15.7 Å². The minimum atomic E-state index is -3.49. The molecular formula is C14H22N2O3S. The van der Waals surface area contributed by atoms with Gasteiger partial charge in [-0.15, -0.1) is 0 Å². The Morgan fingerprint density at radius 3 is 2.65 bits per heavy atom. The highest BCUT2D eigenvalue weighted by molar-refractivity contribution is 7.89. The molecule has 2 unspecified atom stereocenters. The Hall–Kier alpha value is -1.27. The molecule has 1 aromatic carbocycles. The molecule has 0 saturated carbocycles. The number of piperidine rings is 1. The Morgan fingerprint density at radius 2 is 2.05 bits per heavy atom. The molecule has 1 saturated heterocycles. The molecule has 5 nitrogen and oxygen atoms in total. The van der Waals surface area contributed by atoms with E-state index in [1.807, 2.05) is 6.92 Å². The molecule has 0 bridgehead atoms. The van der Waals surface area contributed by atoms with Gasteiger partial charge in [-0.05, 0) is 43.9 Å². The van der Waals surface area contributed by atoms with Gasteiger partial charge >= 0.3 is 0 Å². The van der Waals surface area contributed by atoms with E-state index in [1.165, 1.54) is 13.2 Å². The third-order valence-corrected chi connectivity index (χ3v) is 6.11. The van der Waals surface area contributed by atoms with Crippen molar-refractivity contribution in [1.29, 1.82) is 0 Å². The molecule has 2 atom stereocenters. The summed E-state index contributed by atoms with van der Waals surface area (Å²) in [6.07, 6.45) is 1.97. The summed E-state index contributed by atoms with van der Waals surface area (Å²) < 4.78 is 32.1. The molecule has 0 radical (unpaired) electrons. The van der Waals surface area contributed by atoms with Crippen LogP contribution in [0.2, 0.25) is 0 Å². The summed E-state index contributed by atoms with van der Waals surface area (Å²) in [5, 5.41) is 0. The van der Waals surface area contributed by atoms with Crippen LogP contribution in [0.25, 0.3) is 0 Å². The van der Waals surface area contributed by atoms with Crippen molar-refractivity contribution < 1.29 is 13.2 Å². The second-order valence-corrected chi connectivity index (χ2v) is 7.27. The Bertz CT molecular complexity index is 586. The number of nitrogens with zero attached hydrogens (tertiary/aromatic N) is 1. The molecule has 1 aliphatic rings. The van der Waals surface area contributed by atoms with E-state index in [0.29, 0.717) is 23.9 Å². The molecule has 0 aromatic heterocycles. The number of hydrogen-bond donors (Lipinski definition) is 1. The number of nitrogen functional groups attached to an aromatic ring is 1. The van der Waals surface area contributed by atoms with Crippen LogP contribution in [0.5, 0.6) is 5.75 Å². The molecule has 2 rings (SSSR count). The first-order valence-electron chi connectivity index (χ1n) is 6.83. The Balaban J connectivity index is 2.37. The lowest BCUT2D eigenvalue weighted by molar-refractivity contribution is 0.202. The molecule has 0 aliphatic carbocycles. The molecule has 6 heteroatoms. The average molecular weight is 298 g/mol. The zero-order valence-corrected chi connectivity index (χ0v) is 13.0. The van der Waals surface area contributed by atoms with Gasteiger partial charge in [0, 0.05) is 12.6 Å². The van der Waals surface area contributed by atoms with Crippen LogP contribution in [0, 0.1) is 5.92 Å². The lowest BCUT2D eigenvalue weighted by atomic mass is 9.94. The van der Waals surface area contributed by atoms with E-state index in [9.17, 15) is 8.42 Å². The van der Waals surface area contributed by atoms with Crippen LogP contribution in [-0.2, 0) is 10.0 Å². The highest BCUT2D eigenvalue weighted by Crippen LogP contribution is 2.31. The van der Waals surface area contributed by atoms with Crippen molar-refractivity contribution in [2.45, 2.75) is 37.6 Å². The number of hydrogen-bond acceptors (Lipinski definition) is 4. The molecule has 1 heterocycles. The van der Waals surface area contributed by atoms with Crippen LogP contribution < -0.4 is 10.5 Å². The average Bonchev–Trinajstić information content (AvgIpc) is 2.41. The number of benzene rings is 1. The van der Waals surface area contributed by atoms with E-state index < -0.39 is 10.0 Å². The highest BCUT2D eigenvalue weighted by Gasteiger charge is 2.34. The largest absolute Gasteiger partial charge is 0.495 e. The summed E-state index contributed by atoms with van der Waals surface area (Å²) in [7, 11) is -1.99. The van der Waals surface area contributed by atoms with Crippen LogP contribution in [0.1, 0.15) is 26.7 Å². The number of ether oxygens (including phenoxy) is 1. The maximum Gasteiger partial charge on any atom is 0.243 e. The summed E-state index contributed by atoms with van der Waals surface area (Å²) in [6, 6.07) is 4.63. The fraction of sp³-hybridized carbons (Fsp3) is 0.571. The molecule has 0 spiro atoms. The fourth-order valence-electron chi connectivity index (χ4n) is 2.65. The van der Waals surface area contributed by atoms with Gasteiger partial charge in [0.1, 0.15) is 5.75 Å². The van der Waals surface area contributed by atoms with Gasteiger partial charge in [0.2, 0.25) is 10.0 Å². The number of nitrogens with two attached hydrogens (primary N) is 1. The first kappa shape index (κ1) is 15.1. The van der Waals surface area contributed by atoms with Crippen molar-refractivity contribution in [3.63, 3.8) is 0 Å². The quantitative estimate of drug-likeness (QED) is 0.867. The predicted molar refractivity (Wildman–Crippen MR) is 79.2 cm³/mol. The zero-order chi connectivity index (χ0) is 14.9. The minimum Gasteiger partial charge on any atom is -0.495 e. The van der Waals surface area contributed by atoms with Crippen molar-refractivity contribution in [3.8, 4) is 5.75 Å². The smallest absolute Gasteiger partial charge is 0.243 e. The van der Waals surface area contributed by atoms with Gasteiger partial charge in [0.15, 0.2) is 0 Å². The van der Waals surface area contributed by atoms with Crippen LogP contribution in [0.4, 0.5) is 5.69 Å². The number of methoxy groups -OCH3 is 1. The Morgan fingerprint density at radius 1 is 1.35 bits per heavy atom. The molecule has 112 valence electrons. The zero-order valence-electron chi connectivity index (χ0n) is 12.2. The summed E-state index contributed by atoms with van der Waals surface area (Å²) in [6.45, 7) is 4.63. The standard InChI is InChI=1S/C14H22N2O3S/c1-10-5-4-8-16(11(10)2)20(17,18)12-6-7-14(19-3)13(15)9-12/h6-7,9-11H,4-5,8,15H2,1-3H3. The van der Waals surface area contributed by atoms with Gasteiger partial charge < -0.3 is 10.5 Å². The number of sulfonamides is 1. The monoisotopic (exact) mass is 298 g/mol. The maximum absolute atomic E-state index is 12.7. The van der Waals surface area contributed by atoms with E-state index in [0.717, 1.165) is 12.8 Å². The number of anilines is 1. The van der Waals surface area contributed by atoms with Crippen molar-refractivity contribution in [1.82, 2.24) is 4.31 Å². The molecule has 20 heavy (non-hydrogen) atoms. The van der Waals surface area contributed by atoms with E-state index >= 15 is 0 Å². The van der Waals surface area contributed by atoms with Crippen LogP contribution in [0.15, 0.2) is 23.1 Å². The molecule has 1 fully saturated rings. The molecule has 1 aliphatic heterocycles. The fourth-order valence-corrected chi connectivity index (χ4v) is 4.45. The molecular weight excluding hydrogens is 276 g/mol. The third kappa shape index (κ3) is 2.62. The Labute approximate surface area is 120 Å². The highest BCUT2D eigenvalue weighted by atomic mass is 32.2. The maximum atomic E-state index is 12.7. The van der Waals surface area contributed by atoms with E-state index in [-0.39, 0.29) is 10.9 Å². The normalized spacial score (nSPS) is 24.6. The summed E-state index contributed by atoms with van der Waals surface area (Å²) in [4.78, 5) is 0.233. The summed E-state index contributed by atoms with van der Waals surface area (Å²) in [5.74, 6) is 0.859. The van der Waals surface area contributed by atoms with Gasteiger partial charge in [-0.1, -0.05) is 6.92 Å². The SMILES string of the molecule is COc1ccc(S(=O)(=O)N2CCCC(C)C2C)cc1N. The van der Waals surface area contributed by atoms with E-state index in [1.54, 1.807) is 16.4 Å².